The van der Waals surface area contributed by atoms with Gasteiger partial charge in [0, 0.05) is 5.69 Å². The molecule has 1 aromatic heterocycles. The molecular formula is C17H19NO3. The summed E-state index contributed by atoms with van der Waals surface area (Å²) in [6.45, 7) is 6.04. The van der Waals surface area contributed by atoms with Crippen LogP contribution in [-0.4, -0.2) is 17.0 Å². The van der Waals surface area contributed by atoms with Crippen molar-refractivity contribution in [3.05, 3.63) is 63.6 Å². The third-order valence-electron chi connectivity index (χ3n) is 3.34. The number of nitrogens with zero attached hydrogens (tertiary/aromatic N) is 1. The first kappa shape index (κ1) is 15.0. The van der Waals surface area contributed by atoms with E-state index in [1.54, 1.807) is 16.7 Å². The molecule has 0 unspecified atom stereocenters. The van der Waals surface area contributed by atoms with Crippen molar-refractivity contribution in [1.82, 2.24) is 4.57 Å². The fourth-order valence-corrected chi connectivity index (χ4v) is 2.18. The second-order valence-corrected chi connectivity index (χ2v) is 5.07. The molecule has 0 amide bonds. The maximum Gasteiger partial charge on any atom is 0.261 e. The number of aryl methyl sites for hydroxylation is 2. The number of carbonyl (C=O) groups is 1. The van der Waals surface area contributed by atoms with E-state index in [0.717, 1.165) is 17.0 Å². The van der Waals surface area contributed by atoms with Gasteiger partial charge in [0.15, 0.2) is 5.78 Å². The van der Waals surface area contributed by atoms with Gasteiger partial charge in [0.05, 0.1) is 12.1 Å². The normalized spacial score (nSPS) is 10.4. The van der Waals surface area contributed by atoms with Crippen molar-refractivity contribution in [2.24, 2.45) is 0 Å². The summed E-state index contributed by atoms with van der Waals surface area (Å²) in [5.74, 6) is 0.566. The highest BCUT2D eigenvalue weighted by Crippen LogP contribution is 2.12. The molecule has 0 radical (unpaired) electrons. The van der Waals surface area contributed by atoms with E-state index in [1.165, 1.54) is 6.92 Å². The van der Waals surface area contributed by atoms with E-state index in [1.807, 2.05) is 38.1 Å². The Kier molecular flexibility index (Phi) is 4.58. The van der Waals surface area contributed by atoms with Gasteiger partial charge in [0.2, 0.25) is 0 Å². The van der Waals surface area contributed by atoms with Crippen LogP contribution >= 0.6 is 0 Å². The molecule has 2 aromatic rings. The third kappa shape index (κ3) is 3.60. The molecule has 21 heavy (non-hydrogen) atoms. The number of ketones is 1. The van der Waals surface area contributed by atoms with E-state index in [9.17, 15) is 9.59 Å². The molecule has 0 spiro atoms. The van der Waals surface area contributed by atoms with Gasteiger partial charge in [-0.2, -0.15) is 0 Å². The van der Waals surface area contributed by atoms with Crippen molar-refractivity contribution in [3.63, 3.8) is 0 Å². The Bertz CT molecular complexity index is 716. The maximum absolute atomic E-state index is 12.2. The lowest BCUT2D eigenvalue weighted by Crippen LogP contribution is -2.29. The molecule has 1 aromatic carbocycles. The van der Waals surface area contributed by atoms with E-state index < -0.39 is 0 Å². The summed E-state index contributed by atoms with van der Waals surface area (Å²) in [5, 5.41) is 0. The molecule has 0 atom stereocenters. The molecule has 0 aliphatic carbocycles. The van der Waals surface area contributed by atoms with Crippen LogP contribution in [0.5, 0.6) is 5.75 Å². The van der Waals surface area contributed by atoms with Gasteiger partial charge in [0.1, 0.15) is 12.4 Å². The van der Waals surface area contributed by atoms with E-state index in [0.29, 0.717) is 13.2 Å². The fraction of sp³-hybridized carbons (Fsp3) is 0.294. The van der Waals surface area contributed by atoms with Crippen LogP contribution in [0.15, 0.2) is 41.2 Å². The van der Waals surface area contributed by atoms with E-state index >= 15 is 0 Å². The van der Waals surface area contributed by atoms with Crippen LogP contribution in [0.1, 0.15) is 28.5 Å². The van der Waals surface area contributed by atoms with Gasteiger partial charge < -0.3 is 9.30 Å². The predicted octanol–water partition coefficient (Wildman–Crippen LogP) is 2.75. The number of hydrogen-bond acceptors (Lipinski definition) is 3. The van der Waals surface area contributed by atoms with E-state index in [2.05, 4.69) is 0 Å². The minimum absolute atomic E-state index is 0.214. The van der Waals surface area contributed by atoms with Crippen molar-refractivity contribution in [1.29, 1.82) is 0 Å². The summed E-state index contributed by atoms with van der Waals surface area (Å²) in [7, 11) is 0. The van der Waals surface area contributed by atoms with Crippen molar-refractivity contribution >= 4 is 5.78 Å². The van der Waals surface area contributed by atoms with Crippen molar-refractivity contribution < 1.29 is 9.53 Å². The van der Waals surface area contributed by atoms with Crippen LogP contribution in [0.4, 0.5) is 0 Å². The average molecular weight is 285 g/mol. The zero-order chi connectivity index (χ0) is 15.4. The first-order chi connectivity index (χ1) is 9.99. The van der Waals surface area contributed by atoms with Gasteiger partial charge >= 0.3 is 0 Å². The number of Topliss-reactive ketones (excluding diaryl/α,β-unsaturated/α-hetero) is 1. The summed E-state index contributed by atoms with van der Waals surface area (Å²) < 4.78 is 7.23. The number of aromatic nitrogens is 1. The maximum atomic E-state index is 12.2. The third-order valence-corrected chi connectivity index (χ3v) is 3.34. The van der Waals surface area contributed by atoms with Crippen LogP contribution in [0.25, 0.3) is 0 Å². The summed E-state index contributed by atoms with van der Waals surface area (Å²) >= 11 is 0. The van der Waals surface area contributed by atoms with Gasteiger partial charge in [-0.05, 0) is 50.6 Å². The zero-order valence-electron chi connectivity index (χ0n) is 12.6. The molecule has 0 bridgehead atoms. The van der Waals surface area contributed by atoms with Crippen molar-refractivity contribution in [3.8, 4) is 5.75 Å². The van der Waals surface area contributed by atoms with Crippen LogP contribution < -0.4 is 10.3 Å². The molecule has 0 aliphatic rings. The first-order valence-corrected chi connectivity index (χ1v) is 6.90. The minimum Gasteiger partial charge on any atom is -0.492 e. The Labute approximate surface area is 124 Å². The number of hydrogen-bond donors (Lipinski definition) is 0. The molecule has 0 fully saturated rings. The fourth-order valence-electron chi connectivity index (χ4n) is 2.18. The second kappa shape index (κ2) is 6.39. The highest BCUT2D eigenvalue weighted by molar-refractivity contribution is 5.93. The van der Waals surface area contributed by atoms with Gasteiger partial charge in [-0.3, -0.25) is 9.59 Å². The van der Waals surface area contributed by atoms with Crippen LogP contribution in [-0.2, 0) is 6.54 Å². The van der Waals surface area contributed by atoms with Crippen LogP contribution in [0.2, 0.25) is 0 Å². The molecule has 4 heteroatoms. The Balaban J connectivity index is 2.12. The number of pyridine rings is 1. The quantitative estimate of drug-likeness (QED) is 0.794. The lowest BCUT2D eigenvalue weighted by molar-refractivity contribution is 0.101. The van der Waals surface area contributed by atoms with Crippen LogP contribution in [0.3, 0.4) is 0 Å². The van der Waals surface area contributed by atoms with E-state index in [-0.39, 0.29) is 16.9 Å². The zero-order valence-corrected chi connectivity index (χ0v) is 12.6. The standard InChI is InChI=1S/C17H19NO3/c1-12-5-4-6-15(11-12)21-10-9-18-13(2)7-8-16(14(3)19)17(18)20/h4-8,11H,9-10H2,1-3H3. The Morgan fingerprint density at radius 1 is 1.19 bits per heavy atom. The summed E-state index contributed by atoms with van der Waals surface area (Å²) in [6.07, 6.45) is 0. The average Bonchev–Trinajstić information content (AvgIpc) is 2.42. The molecule has 0 saturated carbocycles. The number of ether oxygens (including phenoxy) is 1. The molecule has 2 rings (SSSR count). The van der Waals surface area contributed by atoms with Gasteiger partial charge in [0.25, 0.3) is 5.56 Å². The number of carbonyl (C=O) groups excluding carboxylic acids is 1. The molecule has 110 valence electrons. The molecule has 0 aliphatic heterocycles. The SMILES string of the molecule is CC(=O)c1ccc(C)n(CCOc2cccc(C)c2)c1=O. The molecule has 4 nitrogen and oxygen atoms in total. The largest absolute Gasteiger partial charge is 0.492 e. The number of rotatable bonds is 5. The summed E-state index contributed by atoms with van der Waals surface area (Å²) in [4.78, 5) is 23.6. The number of benzene rings is 1. The van der Waals surface area contributed by atoms with Gasteiger partial charge in [-0.25, -0.2) is 0 Å². The minimum atomic E-state index is -0.254. The lowest BCUT2D eigenvalue weighted by atomic mass is 10.2. The molecule has 0 N–H and O–H groups in total. The highest BCUT2D eigenvalue weighted by atomic mass is 16.5. The Hall–Kier alpha value is -2.36. The molecule has 0 saturated heterocycles. The molecular weight excluding hydrogens is 266 g/mol. The highest BCUT2D eigenvalue weighted by Gasteiger charge is 2.09. The Morgan fingerprint density at radius 3 is 2.62 bits per heavy atom. The van der Waals surface area contributed by atoms with Gasteiger partial charge in [-0.1, -0.05) is 12.1 Å². The lowest BCUT2D eigenvalue weighted by Gasteiger charge is -2.12. The van der Waals surface area contributed by atoms with Crippen LogP contribution in [0, 0.1) is 13.8 Å². The Morgan fingerprint density at radius 2 is 1.95 bits per heavy atom. The monoisotopic (exact) mass is 285 g/mol. The summed E-state index contributed by atoms with van der Waals surface area (Å²) in [6, 6.07) is 11.1. The predicted molar refractivity (Wildman–Crippen MR) is 82.1 cm³/mol. The topological polar surface area (TPSA) is 48.3 Å². The summed E-state index contributed by atoms with van der Waals surface area (Å²) in [5.41, 5.74) is 1.91. The van der Waals surface area contributed by atoms with E-state index in [4.69, 9.17) is 4.74 Å². The van der Waals surface area contributed by atoms with Crippen molar-refractivity contribution in [2.45, 2.75) is 27.3 Å². The second-order valence-electron chi connectivity index (χ2n) is 5.07. The molecule has 1 heterocycles. The first-order valence-electron chi connectivity index (χ1n) is 6.90. The smallest absolute Gasteiger partial charge is 0.261 e. The van der Waals surface area contributed by atoms with Gasteiger partial charge in [-0.15, -0.1) is 0 Å². The van der Waals surface area contributed by atoms with Crippen molar-refractivity contribution in [2.75, 3.05) is 6.61 Å².